The first-order chi connectivity index (χ1) is 7.27. The molecule has 0 aliphatic rings. The second-order valence-corrected chi connectivity index (χ2v) is 3.12. The van der Waals surface area contributed by atoms with Gasteiger partial charge >= 0.3 is 0 Å². The summed E-state index contributed by atoms with van der Waals surface area (Å²) in [5, 5.41) is 2.86. The monoisotopic (exact) mass is 222 g/mol. The number of aromatic amines is 1. The fourth-order valence-electron chi connectivity index (χ4n) is 1.05. The molecule has 0 saturated carbocycles. The molecule has 15 heavy (non-hydrogen) atoms. The lowest BCUT2D eigenvalue weighted by Gasteiger charge is -2.03. The maximum atomic E-state index is 11.6. The van der Waals surface area contributed by atoms with Crippen LogP contribution in [0.3, 0.4) is 0 Å². The van der Waals surface area contributed by atoms with Crippen molar-refractivity contribution < 1.29 is 4.79 Å². The summed E-state index contributed by atoms with van der Waals surface area (Å²) in [7, 11) is 0. The van der Waals surface area contributed by atoms with E-state index in [-0.39, 0.29) is 11.1 Å². The molecular weight excluding hydrogens is 216 g/mol. The topological polar surface area (TPSA) is 70.7 Å². The number of carbonyl (C=O) groups is 1. The Labute approximate surface area is 90.5 Å². The number of rotatable bonds is 2. The third-order valence-electron chi connectivity index (χ3n) is 1.75. The van der Waals surface area contributed by atoms with Gasteiger partial charge in [0.15, 0.2) is 5.15 Å². The van der Waals surface area contributed by atoms with Gasteiger partial charge in [-0.3, -0.25) is 4.79 Å². The van der Waals surface area contributed by atoms with Crippen LogP contribution in [0, 0.1) is 0 Å². The third kappa shape index (κ3) is 2.13. The lowest BCUT2D eigenvalue weighted by Crippen LogP contribution is -2.12. The Hall–Kier alpha value is -1.88. The van der Waals surface area contributed by atoms with E-state index in [9.17, 15) is 4.79 Å². The van der Waals surface area contributed by atoms with Gasteiger partial charge in [0.05, 0.1) is 18.2 Å². The molecule has 2 N–H and O–H groups in total. The summed E-state index contributed by atoms with van der Waals surface area (Å²) < 4.78 is 0. The molecule has 0 radical (unpaired) electrons. The van der Waals surface area contributed by atoms with Gasteiger partial charge in [0.25, 0.3) is 5.91 Å². The SMILES string of the molecule is O=C(Nc1cccnc1Cl)c1cnc[nH]1. The number of amides is 1. The second kappa shape index (κ2) is 4.10. The molecule has 0 unspecified atom stereocenters. The number of anilines is 1. The zero-order chi connectivity index (χ0) is 10.7. The number of pyridine rings is 1. The van der Waals surface area contributed by atoms with Crippen LogP contribution in [0.5, 0.6) is 0 Å². The standard InChI is InChI=1S/C9H7ClN4O/c10-8-6(2-1-3-12-8)14-9(15)7-4-11-5-13-7/h1-5H,(H,11,13)(H,14,15). The highest BCUT2D eigenvalue weighted by Gasteiger charge is 2.09. The predicted octanol–water partition coefficient (Wildman–Crippen LogP) is 1.71. The van der Waals surface area contributed by atoms with Crippen LogP contribution in [-0.2, 0) is 0 Å². The van der Waals surface area contributed by atoms with E-state index in [0.717, 1.165) is 0 Å². The lowest BCUT2D eigenvalue weighted by molar-refractivity contribution is 0.102. The van der Waals surface area contributed by atoms with Crippen LogP contribution in [0.1, 0.15) is 10.5 Å². The Kier molecular flexibility index (Phi) is 2.64. The molecule has 0 fully saturated rings. The molecule has 0 aliphatic heterocycles. The van der Waals surface area contributed by atoms with Crippen molar-refractivity contribution in [2.75, 3.05) is 5.32 Å². The molecule has 0 aliphatic carbocycles. The van der Waals surface area contributed by atoms with Crippen molar-refractivity contribution in [1.29, 1.82) is 0 Å². The first-order valence-corrected chi connectivity index (χ1v) is 4.55. The van der Waals surface area contributed by atoms with Gasteiger partial charge in [-0.15, -0.1) is 0 Å². The lowest BCUT2D eigenvalue weighted by atomic mass is 10.4. The maximum Gasteiger partial charge on any atom is 0.273 e. The maximum absolute atomic E-state index is 11.6. The molecule has 0 bridgehead atoms. The summed E-state index contributed by atoms with van der Waals surface area (Å²) in [6.45, 7) is 0. The molecule has 2 aromatic heterocycles. The Morgan fingerprint density at radius 3 is 3.07 bits per heavy atom. The number of hydrogen-bond donors (Lipinski definition) is 2. The van der Waals surface area contributed by atoms with Crippen molar-refractivity contribution in [3.8, 4) is 0 Å². The minimum absolute atomic E-state index is 0.255. The van der Waals surface area contributed by atoms with Crippen LogP contribution in [0.4, 0.5) is 5.69 Å². The molecule has 2 heterocycles. The van der Waals surface area contributed by atoms with E-state index in [4.69, 9.17) is 11.6 Å². The van der Waals surface area contributed by atoms with E-state index in [2.05, 4.69) is 20.3 Å². The van der Waals surface area contributed by atoms with Crippen LogP contribution in [0.25, 0.3) is 0 Å². The second-order valence-electron chi connectivity index (χ2n) is 2.76. The zero-order valence-electron chi connectivity index (χ0n) is 7.57. The smallest absolute Gasteiger partial charge is 0.273 e. The molecule has 0 atom stereocenters. The van der Waals surface area contributed by atoms with Gasteiger partial charge in [0.2, 0.25) is 0 Å². The number of carbonyl (C=O) groups excluding carboxylic acids is 1. The molecular formula is C9H7ClN4O. The third-order valence-corrected chi connectivity index (χ3v) is 2.05. The van der Waals surface area contributed by atoms with Gasteiger partial charge in [0, 0.05) is 6.20 Å². The van der Waals surface area contributed by atoms with Crippen molar-refractivity contribution in [2.45, 2.75) is 0 Å². The van der Waals surface area contributed by atoms with Gasteiger partial charge in [-0.2, -0.15) is 0 Å². The van der Waals surface area contributed by atoms with E-state index in [1.807, 2.05) is 0 Å². The number of imidazole rings is 1. The van der Waals surface area contributed by atoms with E-state index in [1.54, 1.807) is 18.3 Å². The first kappa shape index (κ1) is 9.67. The fourth-order valence-corrected chi connectivity index (χ4v) is 1.22. The molecule has 6 heteroatoms. The van der Waals surface area contributed by atoms with Crippen molar-refractivity contribution >= 4 is 23.2 Å². The van der Waals surface area contributed by atoms with Crippen molar-refractivity contribution in [3.63, 3.8) is 0 Å². The molecule has 5 nitrogen and oxygen atoms in total. The number of aromatic nitrogens is 3. The number of nitrogens with one attached hydrogen (secondary N) is 2. The normalized spacial score (nSPS) is 9.93. The fraction of sp³-hybridized carbons (Fsp3) is 0. The summed E-state index contributed by atoms with van der Waals surface area (Å²) in [6, 6.07) is 3.36. The molecule has 2 aromatic rings. The van der Waals surface area contributed by atoms with Crippen LogP contribution in [0.15, 0.2) is 30.9 Å². The highest BCUT2D eigenvalue weighted by molar-refractivity contribution is 6.32. The molecule has 0 saturated heterocycles. The summed E-state index contributed by atoms with van der Waals surface area (Å²) in [4.78, 5) is 21.8. The molecule has 2 rings (SSSR count). The minimum atomic E-state index is -0.303. The van der Waals surface area contributed by atoms with Crippen LogP contribution >= 0.6 is 11.6 Å². The van der Waals surface area contributed by atoms with E-state index in [1.165, 1.54) is 12.5 Å². The van der Waals surface area contributed by atoms with Gasteiger partial charge in [-0.05, 0) is 12.1 Å². The molecule has 0 aromatic carbocycles. The van der Waals surface area contributed by atoms with Crippen LogP contribution in [0.2, 0.25) is 5.15 Å². The van der Waals surface area contributed by atoms with E-state index < -0.39 is 0 Å². The summed E-state index contributed by atoms with van der Waals surface area (Å²) in [6.07, 6.45) is 4.41. The van der Waals surface area contributed by atoms with Gasteiger partial charge < -0.3 is 10.3 Å². The highest BCUT2D eigenvalue weighted by Crippen LogP contribution is 2.17. The van der Waals surface area contributed by atoms with Crippen molar-refractivity contribution in [3.05, 3.63) is 41.7 Å². The van der Waals surface area contributed by atoms with Crippen LogP contribution in [-0.4, -0.2) is 20.9 Å². The van der Waals surface area contributed by atoms with Crippen molar-refractivity contribution in [1.82, 2.24) is 15.0 Å². The summed E-state index contributed by atoms with van der Waals surface area (Å²) in [5.74, 6) is -0.303. The summed E-state index contributed by atoms with van der Waals surface area (Å²) >= 11 is 5.78. The van der Waals surface area contributed by atoms with Gasteiger partial charge in [0.1, 0.15) is 5.69 Å². The Morgan fingerprint density at radius 1 is 1.53 bits per heavy atom. The Morgan fingerprint density at radius 2 is 2.40 bits per heavy atom. The van der Waals surface area contributed by atoms with E-state index in [0.29, 0.717) is 11.4 Å². The Balaban J connectivity index is 2.17. The minimum Gasteiger partial charge on any atom is -0.341 e. The molecule has 0 spiro atoms. The predicted molar refractivity (Wildman–Crippen MR) is 55.8 cm³/mol. The molecule has 76 valence electrons. The number of H-pyrrole nitrogens is 1. The highest BCUT2D eigenvalue weighted by atomic mass is 35.5. The van der Waals surface area contributed by atoms with Crippen molar-refractivity contribution in [2.24, 2.45) is 0 Å². The Bertz CT molecular complexity index is 469. The van der Waals surface area contributed by atoms with Gasteiger partial charge in [-0.25, -0.2) is 9.97 Å². The first-order valence-electron chi connectivity index (χ1n) is 4.17. The quantitative estimate of drug-likeness (QED) is 0.760. The average molecular weight is 223 g/mol. The number of hydrogen-bond acceptors (Lipinski definition) is 3. The van der Waals surface area contributed by atoms with Gasteiger partial charge in [-0.1, -0.05) is 11.6 Å². The van der Waals surface area contributed by atoms with Crippen LogP contribution < -0.4 is 5.32 Å². The largest absolute Gasteiger partial charge is 0.341 e. The number of halogens is 1. The van der Waals surface area contributed by atoms with E-state index >= 15 is 0 Å². The summed E-state index contributed by atoms with van der Waals surface area (Å²) in [5.41, 5.74) is 0.841. The average Bonchev–Trinajstić information content (AvgIpc) is 2.74. The number of nitrogens with zero attached hydrogens (tertiary/aromatic N) is 2. The molecule has 1 amide bonds. The zero-order valence-corrected chi connectivity index (χ0v) is 8.32.